The molecule has 0 fully saturated rings. The van der Waals surface area contributed by atoms with E-state index in [1.54, 1.807) is 30.6 Å². The van der Waals surface area contributed by atoms with Gasteiger partial charge in [-0.3, -0.25) is 4.98 Å². The van der Waals surface area contributed by atoms with Crippen LogP contribution in [0.5, 0.6) is 0 Å². The van der Waals surface area contributed by atoms with Gasteiger partial charge >= 0.3 is 5.97 Å². The average molecular weight is 427 g/mol. The number of oxime groups is 1. The van der Waals surface area contributed by atoms with Crippen molar-refractivity contribution in [2.45, 2.75) is 19.4 Å². The number of benzene rings is 2. The number of rotatable bonds is 7. The predicted octanol–water partition coefficient (Wildman–Crippen LogP) is 4.98. The quantitative estimate of drug-likeness (QED) is 0.303. The Morgan fingerprint density at radius 3 is 2.85 bits per heavy atom. The number of hydrogen-bond donors (Lipinski definition) is 0. The fourth-order valence-electron chi connectivity index (χ4n) is 2.50. The molecular weight excluding hydrogens is 408 g/mol. The van der Waals surface area contributed by atoms with Crippen LogP contribution in [-0.4, -0.2) is 29.9 Å². The van der Waals surface area contributed by atoms with Gasteiger partial charge in [0.25, 0.3) is 0 Å². The highest BCUT2D eigenvalue weighted by Gasteiger charge is 2.11. The minimum Gasteiger partial charge on any atom is -0.462 e. The Bertz CT molecular complexity index is 954. The zero-order valence-corrected chi connectivity index (χ0v) is 16.4. The molecule has 0 aliphatic carbocycles. The molecule has 1 aromatic heterocycles. The summed E-state index contributed by atoms with van der Waals surface area (Å²) in [6, 6.07) is 17.0. The molecule has 1 atom stereocenters. The number of aromatic nitrogens is 1. The maximum atomic E-state index is 12.0. The van der Waals surface area contributed by atoms with Crippen molar-refractivity contribution >= 4 is 39.0 Å². The van der Waals surface area contributed by atoms with Crippen molar-refractivity contribution in [2.24, 2.45) is 5.16 Å². The Labute approximate surface area is 166 Å². The number of para-hydroxylation sites is 1. The normalized spacial score (nSPS) is 12.2. The fraction of sp³-hybridized carbons (Fsp3) is 0.190. The van der Waals surface area contributed by atoms with E-state index in [0.717, 1.165) is 16.5 Å². The zero-order chi connectivity index (χ0) is 19.1. The monoisotopic (exact) mass is 426 g/mol. The Kier molecular flexibility index (Phi) is 6.54. The standard InChI is InChI=1S/C21H19BrN2O3/c1-15(11-13-26-21(25)18-9-2-3-10-19(18)22)27-24-14-17-7-4-6-16-8-5-12-23-20(16)17/h2-10,12,14-15H,11,13H2,1H3/b24-14+. The number of ether oxygens (including phenoxy) is 1. The largest absolute Gasteiger partial charge is 0.462 e. The molecule has 27 heavy (non-hydrogen) atoms. The molecular formula is C21H19BrN2O3. The summed E-state index contributed by atoms with van der Waals surface area (Å²) in [6.45, 7) is 2.14. The third-order valence-electron chi connectivity index (χ3n) is 3.95. The van der Waals surface area contributed by atoms with E-state index in [4.69, 9.17) is 9.57 Å². The summed E-state index contributed by atoms with van der Waals surface area (Å²) in [5.74, 6) is -0.361. The van der Waals surface area contributed by atoms with Gasteiger partial charge in [-0.05, 0) is 41.1 Å². The first-order valence-corrected chi connectivity index (χ1v) is 9.39. The van der Waals surface area contributed by atoms with Gasteiger partial charge in [-0.1, -0.05) is 41.6 Å². The number of esters is 1. The van der Waals surface area contributed by atoms with Gasteiger partial charge in [0.05, 0.1) is 23.9 Å². The molecule has 0 aliphatic heterocycles. The second-order valence-corrected chi connectivity index (χ2v) is 6.83. The van der Waals surface area contributed by atoms with Gasteiger partial charge in [-0.25, -0.2) is 4.79 Å². The van der Waals surface area contributed by atoms with E-state index in [-0.39, 0.29) is 18.7 Å². The van der Waals surface area contributed by atoms with Crippen LogP contribution < -0.4 is 0 Å². The van der Waals surface area contributed by atoms with E-state index in [9.17, 15) is 4.79 Å². The van der Waals surface area contributed by atoms with Gasteiger partial charge < -0.3 is 9.57 Å². The van der Waals surface area contributed by atoms with Crippen LogP contribution in [-0.2, 0) is 9.57 Å². The van der Waals surface area contributed by atoms with Crippen molar-refractivity contribution < 1.29 is 14.4 Å². The number of carbonyl (C=O) groups excluding carboxylic acids is 1. The summed E-state index contributed by atoms with van der Waals surface area (Å²) >= 11 is 3.34. The van der Waals surface area contributed by atoms with Gasteiger partial charge in [-0.2, -0.15) is 0 Å². The molecule has 0 aliphatic rings. The van der Waals surface area contributed by atoms with Crippen LogP contribution in [0.25, 0.3) is 10.9 Å². The number of halogens is 1. The molecule has 3 aromatic rings. The molecule has 0 spiro atoms. The number of nitrogens with zero attached hydrogens (tertiary/aromatic N) is 2. The van der Waals surface area contributed by atoms with Crippen molar-refractivity contribution in [3.8, 4) is 0 Å². The highest BCUT2D eigenvalue weighted by atomic mass is 79.9. The van der Waals surface area contributed by atoms with Crippen LogP contribution >= 0.6 is 15.9 Å². The van der Waals surface area contributed by atoms with E-state index >= 15 is 0 Å². The molecule has 3 rings (SSSR count). The lowest BCUT2D eigenvalue weighted by atomic mass is 10.1. The zero-order valence-electron chi connectivity index (χ0n) is 14.8. The molecule has 1 unspecified atom stereocenters. The highest BCUT2D eigenvalue weighted by molar-refractivity contribution is 9.10. The first-order valence-electron chi connectivity index (χ1n) is 8.60. The van der Waals surface area contributed by atoms with E-state index in [1.807, 2.05) is 43.3 Å². The molecule has 0 bridgehead atoms. The third-order valence-corrected chi connectivity index (χ3v) is 4.64. The van der Waals surface area contributed by atoms with Gasteiger partial charge in [-0.15, -0.1) is 0 Å². The van der Waals surface area contributed by atoms with E-state index in [0.29, 0.717) is 16.5 Å². The molecule has 0 amide bonds. The van der Waals surface area contributed by atoms with Gasteiger partial charge in [0.15, 0.2) is 0 Å². The molecule has 0 N–H and O–H groups in total. The topological polar surface area (TPSA) is 60.8 Å². The summed E-state index contributed by atoms with van der Waals surface area (Å²) < 4.78 is 6.01. The Hall–Kier alpha value is -2.73. The number of hydrogen-bond acceptors (Lipinski definition) is 5. The maximum Gasteiger partial charge on any atom is 0.339 e. The Balaban J connectivity index is 1.48. The molecule has 5 nitrogen and oxygen atoms in total. The van der Waals surface area contributed by atoms with Crippen LogP contribution in [0.3, 0.4) is 0 Å². The molecule has 138 valence electrons. The van der Waals surface area contributed by atoms with Gasteiger partial charge in [0.2, 0.25) is 0 Å². The molecule has 2 aromatic carbocycles. The molecule has 0 saturated carbocycles. The summed E-state index contributed by atoms with van der Waals surface area (Å²) in [5, 5.41) is 5.10. The minimum absolute atomic E-state index is 0.184. The average Bonchev–Trinajstić information content (AvgIpc) is 2.68. The SMILES string of the molecule is CC(CCOC(=O)c1ccccc1Br)O/N=C/c1cccc2cccnc12. The fourth-order valence-corrected chi connectivity index (χ4v) is 2.94. The van der Waals surface area contributed by atoms with Crippen molar-refractivity contribution in [2.75, 3.05) is 6.61 Å². The number of carbonyl (C=O) groups is 1. The molecule has 0 radical (unpaired) electrons. The van der Waals surface area contributed by atoms with Crippen LogP contribution in [0.2, 0.25) is 0 Å². The maximum absolute atomic E-state index is 12.0. The van der Waals surface area contributed by atoms with Gasteiger partial charge in [0, 0.05) is 28.0 Å². The lowest BCUT2D eigenvalue weighted by molar-refractivity contribution is 0.0292. The van der Waals surface area contributed by atoms with Crippen LogP contribution in [0.15, 0.2) is 70.4 Å². The van der Waals surface area contributed by atoms with Crippen molar-refractivity contribution in [1.82, 2.24) is 4.98 Å². The second-order valence-electron chi connectivity index (χ2n) is 5.98. The third kappa shape index (κ3) is 5.14. The molecule has 6 heteroatoms. The lowest BCUT2D eigenvalue weighted by Crippen LogP contribution is -2.13. The first-order chi connectivity index (χ1) is 13.1. The summed E-state index contributed by atoms with van der Waals surface area (Å²) in [7, 11) is 0. The smallest absolute Gasteiger partial charge is 0.339 e. The van der Waals surface area contributed by atoms with Crippen molar-refractivity contribution in [3.05, 3.63) is 76.4 Å². The number of fused-ring (bicyclic) bond motifs is 1. The molecule has 1 heterocycles. The van der Waals surface area contributed by atoms with Crippen LogP contribution in [0.1, 0.15) is 29.3 Å². The lowest BCUT2D eigenvalue weighted by Gasteiger charge is -2.10. The minimum atomic E-state index is -0.361. The molecule has 0 saturated heterocycles. The Morgan fingerprint density at radius 2 is 2.00 bits per heavy atom. The van der Waals surface area contributed by atoms with Crippen LogP contribution in [0, 0.1) is 0 Å². The summed E-state index contributed by atoms with van der Waals surface area (Å²) in [6.07, 6.45) is 3.76. The Morgan fingerprint density at radius 1 is 1.19 bits per heavy atom. The van der Waals surface area contributed by atoms with Crippen molar-refractivity contribution in [3.63, 3.8) is 0 Å². The van der Waals surface area contributed by atoms with E-state index in [2.05, 4.69) is 26.1 Å². The predicted molar refractivity (Wildman–Crippen MR) is 109 cm³/mol. The van der Waals surface area contributed by atoms with Gasteiger partial charge in [0.1, 0.15) is 6.10 Å². The highest BCUT2D eigenvalue weighted by Crippen LogP contribution is 2.17. The van der Waals surface area contributed by atoms with E-state index < -0.39 is 0 Å². The second kappa shape index (κ2) is 9.28. The number of pyridine rings is 1. The van der Waals surface area contributed by atoms with Crippen LogP contribution in [0.4, 0.5) is 0 Å². The summed E-state index contributed by atoms with van der Waals surface area (Å²) in [5.41, 5.74) is 2.27. The van der Waals surface area contributed by atoms with E-state index in [1.165, 1.54) is 0 Å². The first kappa shape index (κ1) is 19.0. The van der Waals surface area contributed by atoms with Crippen molar-refractivity contribution in [1.29, 1.82) is 0 Å². The summed E-state index contributed by atoms with van der Waals surface area (Å²) in [4.78, 5) is 21.9.